The van der Waals surface area contributed by atoms with E-state index in [0.29, 0.717) is 35.2 Å². The van der Waals surface area contributed by atoms with Crippen molar-refractivity contribution >= 4 is 17.5 Å². The first-order valence-corrected chi connectivity index (χ1v) is 6.91. The predicted octanol–water partition coefficient (Wildman–Crippen LogP) is 2.00. The second-order valence-corrected chi connectivity index (χ2v) is 4.60. The van der Waals surface area contributed by atoms with Crippen LogP contribution in [0.4, 0.5) is 0 Å². The van der Waals surface area contributed by atoms with Gasteiger partial charge in [-0.15, -0.1) is 0 Å². The van der Waals surface area contributed by atoms with E-state index >= 15 is 0 Å². The molecular formula is C13H18O4S. The third-order valence-corrected chi connectivity index (χ3v) is 3.19. The minimum Gasteiger partial charge on any atom is -0.493 e. The Labute approximate surface area is 111 Å². The van der Waals surface area contributed by atoms with Gasteiger partial charge in [-0.25, -0.2) is 0 Å². The number of ketones is 1. The zero-order valence-electron chi connectivity index (χ0n) is 10.6. The largest absolute Gasteiger partial charge is 0.493 e. The third kappa shape index (κ3) is 4.23. The maximum Gasteiger partial charge on any atom is 0.172 e. The average molecular weight is 270 g/mol. The number of ether oxygens (including phenoxy) is 2. The van der Waals surface area contributed by atoms with Crippen LogP contribution < -0.4 is 9.47 Å². The van der Waals surface area contributed by atoms with Crippen molar-refractivity contribution in [2.75, 3.05) is 31.8 Å². The summed E-state index contributed by atoms with van der Waals surface area (Å²) in [6.07, 6.45) is 0. The van der Waals surface area contributed by atoms with E-state index in [9.17, 15) is 4.79 Å². The van der Waals surface area contributed by atoms with Gasteiger partial charge in [-0.05, 0) is 25.1 Å². The predicted molar refractivity (Wildman–Crippen MR) is 72.9 cm³/mol. The van der Waals surface area contributed by atoms with Crippen molar-refractivity contribution < 1.29 is 19.4 Å². The molecule has 18 heavy (non-hydrogen) atoms. The van der Waals surface area contributed by atoms with E-state index < -0.39 is 0 Å². The van der Waals surface area contributed by atoms with E-state index in [2.05, 4.69) is 0 Å². The molecule has 0 fully saturated rings. The van der Waals surface area contributed by atoms with Gasteiger partial charge >= 0.3 is 0 Å². The average Bonchev–Trinajstić information content (AvgIpc) is 2.39. The Bertz CT molecular complexity index is 393. The third-order valence-electron chi connectivity index (χ3n) is 2.25. The van der Waals surface area contributed by atoms with E-state index in [0.717, 1.165) is 0 Å². The fourth-order valence-electron chi connectivity index (χ4n) is 1.43. The van der Waals surface area contributed by atoms with E-state index in [4.69, 9.17) is 14.6 Å². The summed E-state index contributed by atoms with van der Waals surface area (Å²) < 4.78 is 10.6. The number of carbonyl (C=O) groups excluding carboxylic acids is 1. The number of methoxy groups -OCH3 is 1. The lowest BCUT2D eigenvalue weighted by molar-refractivity contribution is 0.102. The first-order chi connectivity index (χ1) is 8.72. The first-order valence-electron chi connectivity index (χ1n) is 5.75. The molecule has 0 bridgehead atoms. The smallest absolute Gasteiger partial charge is 0.172 e. The van der Waals surface area contributed by atoms with Crippen LogP contribution in [0.2, 0.25) is 0 Å². The van der Waals surface area contributed by atoms with Gasteiger partial charge in [0.25, 0.3) is 0 Å². The summed E-state index contributed by atoms with van der Waals surface area (Å²) in [6, 6.07) is 5.16. The molecule has 0 saturated carbocycles. The van der Waals surface area contributed by atoms with Crippen LogP contribution >= 0.6 is 11.8 Å². The minimum atomic E-state index is 0.0251. The number of thioether (sulfide) groups is 1. The van der Waals surface area contributed by atoms with E-state index in [1.165, 1.54) is 11.8 Å². The standard InChI is InChI=1S/C13H18O4S/c1-3-17-13-8-10(4-5-12(13)16-2)11(15)9-18-7-6-14/h4-5,8,14H,3,6-7,9H2,1-2H3. The number of aliphatic hydroxyl groups excluding tert-OH is 1. The fourth-order valence-corrected chi connectivity index (χ4v) is 2.06. The quantitative estimate of drug-likeness (QED) is 0.578. The highest BCUT2D eigenvalue weighted by molar-refractivity contribution is 8.00. The van der Waals surface area contributed by atoms with Crippen molar-refractivity contribution in [2.24, 2.45) is 0 Å². The van der Waals surface area contributed by atoms with E-state index in [-0.39, 0.29) is 12.4 Å². The van der Waals surface area contributed by atoms with Crippen LogP contribution in [0, 0.1) is 0 Å². The number of hydrogen-bond acceptors (Lipinski definition) is 5. The molecule has 0 heterocycles. The summed E-state index contributed by atoms with van der Waals surface area (Å²) in [6.45, 7) is 2.49. The van der Waals surface area contributed by atoms with Gasteiger partial charge in [0.1, 0.15) is 0 Å². The van der Waals surface area contributed by atoms with Crippen LogP contribution in [0.15, 0.2) is 18.2 Å². The van der Waals surface area contributed by atoms with Crippen LogP contribution in [0.3, 0.4) is 0 Å². The molecule has 1 rings (SSSR count). The molecule has 100 valence electrons. The number of benzene rings is 1. The minimum absolute atomic E-state index is 0.0251. The second kappa shape index (κ2) is 8.00. The number of Topliss-reactive ketones (excluding diaryl/α,β-unsaturated/α-hetero) is 1. The zero-order valence-corrected chi connectivity index (χ0v) is 11.5. The van der Waals surface area contributed by atoms with Gasteiger partial charge in [0.05, 0.1) is 26.1 Å². The Hall–Kier alpha value is -1.20. The van der Waals surface area contributed by atoms with Gasteiger partial charge < -0.3 is 14.6 Å². The van der Waals surface area contributed by atoms with E-state index in [1.54, 1.807) is 25.3 Å². The number of aliphatic hydroxyl groups is 1. The molecule has 0 saturated heterocycles. The Kier molecular flexibility index (Phi) is 6.60. The summed E-state index contributed by atoms with van der Waals surface area (Å²) in [5.74, 6) is 2.16. The number of rotatable bonds is 8. The van der Waals surface area contributed by atoms with Gasteiger partial charge in [-0.1, -0.05) is 0 Å². The molecule has 0 unspecified atom stereocenters. The maximum atomic E-state index is 11.9. The van der Waals surface area contributed by atoms with Crippen LogP contribution in [-0.4, -0.2) is 42.7 Å². The summed E-state index contributed by atoms with van der Waals surface area (Å²) in [5.41, 5.74) is 0.602. The number of carbonyl (C=O) groups is 1. The van der Waals surface area contributed by atoms with Crippen molar-refractivity contribution in [1.29, 1.82) is 0 Å². The van der Waals surface area contributed by atoms with Gasteiger partial charge in [-0.3, -0.25) is 4.79 Å². The molecular weight excluding hydrogens is 252 g/mol. The van der Waals surface area contributed by atoms with Crippen molar-refractivity contribution in [1.82, 2.24) is 0 Å². The lowest BCUT2D eigenvalue weighted by atomic mass is 10.1. The van der Waals surface area contributed by atoms with E-state index in [1.807, 2.05) is 6.92 Å². The molecule has 0 amide bonds. The number of hydrogen-bond donors (Lipinski definition) is 1. The molecule has 5 heteroatoms. The lowest BCUT2D eigenvalue weighted by Gasteiger charge is -2.10. The van der Waals surface area contributed by atoms with Crippen molar-refractivity contribution in [3.63, 3.8) is 0 Å². The Morgan fingerprint density at radius 2 is 2.17 bits per heavy atom. The van der Waals surface area contributed by atoms with Crippen LogP contribution in [0.25, 0.3) is 0 Å². The molecule has 1 N–H and O–H groups in total. The molecule has 0 aliphatic rings. The lowest BCUT2D eigenvalue weighted by Crippen LogP contribution is -2.05. The fraction of sp³-hybridized carbons (Fsp3) is 0.462. The highest BCUT2D eigenvalue weighted by Crippen LogP contribution is 2.28. The normalized spacial score (nSPS) is 10.2. The monoisotopic (exact) mass is 270 g/mol. The summed E-state index contributed by atoms with van der Waals surface area (Å²) >= 11 is 1.41. The topological polar surface area (TPSA) is 55.8 Å². The molecule has 0 atom stereocenters. The van der Waals surface area contributed by atoms with Crippen molar-refractivity contribution in [3.05, 3.63) is 23.8 Å². The Balaban J connectivity index is 2.76. The Morgan fingerprint density at radius 1 is 1.39 bits per heavy atom. The summed E-state index contributed by atoms with van der Waals surface area (Å²) in [4.78, 5) is 11.9. The van der Waals surface area contributed by atoms with Crippen LogP contribution in [0.5, 0.6) is 11.5 Å². The highest BCUT2D eigenvalue weighted by Gasteiger charge is 2.11. The van der Waals surface area contributed by atoms with Gasteiger partial charge in [0, 0.05) is 11.3 Å². The SMILES string of the molecule is CCOc1cc(C(=O)CSCCO)ccc1OC. The van der Waals surface area contributed by atoms with Gasteiger partial charge in [-0.2, -0.15) is 11.8 Å². The molecule has 4 nitrogen and oxygen atoms in total. The summed E-state index contributed by atoms with van der Waals surface area (Å²) in [5, 5.41) is 8.66. The maximum absolute atomic E-state index is 11.9. The van der Waals surface area contributed by atoms with Crippen molar-refractivity contribution in [2.45, 2.75) is 6.92 Å². The van der Waals surface area contributed by atoms with Crippen molar-refractivity contribution in [3.8, 4) is 11.5 Å². The second-order valence-electron chi connectivity index (χ2n) is 3.50. The molecule has 0 aromatic heterocycles. The zero-order chi connectivity index (χ0) is 13.4. The molecule has 1 aromatic rings. The molecule has 0 spiro atoms. The molecule has 0 aliphatic carbocycles. The summed E-state index contributed by atoms with van der Waals surface area (Å²) in [7, 11) is 1.57. The van der Waals surface area contributed by atoms with Crippen LogP contribution in [0.1, 0.15) is 17.3 Å². The molecule has 1 aromatic carbocycles. The van der Waals surface area contributed by atoms with Crippen LogP contribution in [-0.2, 0) is 0 Å². The Morgan fingerprint density at radius 3 is 2.78 bits per heavy atom. The van der Waals surface area contributed by atoms with Gasteiger partial charge in [0.15, 0.2) is 17.3 Å². The molecule has 0 aliphatic heterocycles. The first kappa shape index (κ1) is 14.9. The van der Waals surface area contributed by atoms with Gasteiger partial charge in [0.2, 0.25) is 0 Å². The molecule has 0 radical (unpaired) electrons. The highest BCUT2D eigenvalue weighted by atomic mass is 32.2.